The Labute approximate surface area is 255 Å². The molecule has 2 heterocycles. The predicted octanol–water partition coefficient (Wildman–Crippen LogP) is 4.99. The van der Waals surface area contributed by atoms with Crippen molar-refractivity contribution in [2.75, 3.05) is 26.2 Å². The van der Waals surface area contributed by atoms with Crippen LogP contribution in [0.4, 0.5) is 4.79 Å². The molecule has 3 aliphatic rings. The summed E-state index contributed by atoms with van der Waals surface area (Å²) in [5.74, 6) is -0.471. The largest absolute Gasteiger partial charge is 0.465 e. The van der Waals surface area contributed by atoms with Gasteiger partial charge in [0.2, 0.25) is 0 Å². The van der Waals surface area contributed by atoms with Crippen molar-refractivity contribution in [2.24, 2.45) is 10.8 Å². The molecule has 5 unspecified atom stereocenters. The van der Waals surface area contributed by atoms with E-state index in [1.807, 2.05) is 48.5 Å². The average molecular weight is 594 g/mol. The molecule has 0 aromatic heterocycles. The number of carbonyl (C=O) groups is 2. The number of esters is 1. The van der Waals surface area contributed by atoms with Crippen LogP contribution in [0.5, 0.6) is 0 Å². The number of amides is 2. The first kappa shape index (κ1) is 31.4. The molecule has 3 N–H and O–H groups in total. The van der Waals surface area contributed by atoms with Crippen molar-refractivity contribution in [3.8, 4) is 0 Å². The van der Waals surface area contributed by atoms with Crippen molar-refractivity contribution in [3.05, 3.63) is 70.8 Å². The number of aliphatic hydroxyl groups excluding tert-OH is 1. The molecule has 9 heteroatoms. The molecule has 2 saturated heterocycles. The summed E-state index contributed by atoms with van der Waals surface area (Å²) < 4.78 is 18.0. The summed E-state index contributed by atoms with van der Waals surface area (Å²) in [6, 6.07) is 16.0. The summed E-state index contributed by atoms with van der Waals surface area (Å²) in [6.45, 7) is 11.4. The highest BCUT2D eigenvalue weighted by Crippen LogP contribution is 2.53. The normalized spacial score (nSPS) is 28.3. The van der Waals surface area contributed by atoms with Crippen molar-refractivity contribution < 1.29 is 28.9 Å². The lowest BCUT2D eigenvalue weighted by atomic mass is 9.65. The average Bonchev–Trinajstić information content (AvgIpc) is 3.22. The number of nitrogens with one attached hydrogen (secondary N) is 2. The van der Waals surface area contributed by atoms with Crippen LogP contribution in [0, 0.1) is 10.8 Å². The second-order valence-electron chi connectivity index (χ2n) is 13.6. The first-order valence-electron chi connectivity index (χ1n) is 15.6. The maximum absolute atomic E-state index is 12.1. The van der Waals surface area contributed by atoms with Gasteiger partial charge in [-0.3, -0.25) is 9.69 Å². The summed E-state index contributed by atoms with van der Waals surface area (Å²) in [7, 11) is 0. The number of urea groups is 1. The number of rotatable bonds is 10. The molecule has 0 radical (unpaired) electrons. The number of aliphatic hydroxyl groups is 1. The number of benzene rings is 2. The first-order chi connectivity index (χ1) is 20.5. The minimum Gasteiger partial charge on any atom is -0.465 e. The number of nitrogens with zero attached hydrogens (tertiary/aromatic N) is 1. The maximum Gasteiger partial charge on any atom is 0.325 e. The Balaban J connectivity index is 1.25. The molecule has 2 bridgehead atoms. The zero-order chi connectivity index (χ0) is 30.6. The quantitative estimate of drug-likeness (QED) is 0.333. The van der Waals surface area contributed by atoms with E-state index >= 15 is 0 Å². The lowest BCUT2D eigenvalue weighted by Gasteiger charge is -2.41. The van der Waals surface area contributed by atoms with Gasteiger partial charge in [0, 0.05) is 37.7 Å². The SMILES string of the molecule is CCOC(=O)CNC(=O)NCc1ccc(C2OC(CN3CC4(C)CC3CC(C)(C)C4)CC(c3ccc(CO)cc3)O2)cc1. The number of hydrogen-bond acceptors (Lipinski definition) is 7. The van der Waals surface area contributed by atoms with Crippen LogP contribution in [-0.4, -0.2) is 60.4 Å². The molecule has 234 valence electrons. The Kier molecular flexibility index (Phi) is 9.76. The highest BCUT2D eigenvalue weighted by molar-refractivity contribution is 5.80. The third-order valence-electron chi connectivity index (χ3n) is 8.98. The number of hydrogen-bond donors (Lipinski definition) is 3. The van der Waals surface area contributed by atoms with Gasteiger partial charge in [-0.15, -0.1) is 0 Å². The van der Waals surface area contributed by atoms with E-state index in [0.717, 1.165) is 41.8 Å². The van der Waals surface area contributed by atoms with Gasteiger partial charge in [-0.05, 0) is 53.7 Å². The van der Waals surface area contributed by atoms with Crippen LogP contribution in [0.15, 0.2) is 48.5 Å². The van der Waals surface area contributed by atoms with Crippen LogP contribution in [0.25, 0.3) is 0 Å². The van der Waals surface area contributed by atoms with Crippen molar-refractivity contribution in [3.63, 3.8) is 0 Å². The van der Waals surface area contributed by atoms with E-state index in [1.54, 1.807) is 6.92 Å². The number of fused-ring (bicyclic) bond motifs is 2. The molecule has 2 amide bonds. The Morgan fingerprint density at radius 1 is 0.977 bits per heavy atom. The number of ether oxygens (including phenoxy) is 3. The van der Waals surface area contributed by atoms with Gasteiger partial charge in [-0.25, -0.2) is 4.79 Å². The van der Waals surface area contributed by atoms with Gasteiger partial charge in [-0.1, -0.05) is 69.3 Å². The smallest absolute Gasteiger partial charge is 0.325 e. The minimum absolute atomic E-state index is 0.0109. The predicted molar refractivity (Wildman–Crippen MR) is 163 cm³/mol. The van der Waals surface area contributed by atoms with Gasteiger partial charge >= 0.3 is 12.0 Å². The topological polar surface area (TPSA) is 109 Å². The molecule has 43 heavy (non-hydrogen) atoms. The van der Waals surface area contributed by atoms with Crippen LogP contribution < -0.4 is 10.6 Å². The Hall–Kier alpha value is -2.98. The van der Waals surface area contributed by atoms with Crippen LogP contribution in [-0.2, 0) is 32.2 Å². The van der Waals surface area contributed by atoms with E-state index in [1.165, 1.54) is 19.3 Å². The summed E-state index contributed by atoms with van der Waals surface area (Å²) >= 11 is 0. The second-order valence-corrected chi connectivity index (χ2v) is 13.6. The monoisotopic (exact) mass is 593 g/mol. The van der Waals surface area contributed by atoms with Gasteiger partial charge in [0.25, 0.3) is 0 Å². The molecule has 2 aliphatic heterocycles. The van der Waals surface area contributed by atoms with Crippen LogP contribution in [0.3, 0.4) is 0 Å². The zero-order valence-electron chi connectivity index (χ0n) is 25.9. The fourth-order valence-corrected chi connectivity index (χ4v) is 7.49. The van der Waals surface area contributed by atoms with Gasteiger partial charge in [0.05, 0.1) is 25.4 Å². The number of carbonyl (C=O) groups excluding carboxylic acids is 2. The van der Waals surface area contributed by atoms with E-state index in [9.17, 15) is 14.7 Å². The second kappa shape index (κ2) is 13.3. The molecule has 0 spiro atoms. The fraction of sp³-hybridized carbons (Fsp3) is 0.588. The molecule has 1 saturated carbocycles. The molecule has 1 aliphatic carbocycles. The molecule has 2 aromatic rings. The van der Waals surface area contributed by atoms with Crippen molar-refractivity contribution >= 4 is 12.0 Å². The maximum atomic E-state index is 12.1. The summed E-state index contributed by atoms with van der Waals surface area (Å²) in [4.78, 5) is 26.2. The first-order valence-corrected chi connectivity index (χ1v) is 15.6. The zero-order valence-corrected chi connectivity index (χ0v) is 25.9. The van der Waals surface area contributed by atoms with Gasteiger partial charge < -0.3 is 30.0 Å². The third-order valence-corrected chi connectivity index (χ3v) is 8.98. The lowest BCUT2D eigenvalue weighted by Crippen LogP contribution is -2.42. The fourth-order valence-electron chi connectivity index (χ4n) is 7.49. The molecule has 5 rings (SSSR count). The number of likely N-dealkylation sites (tertiary alicyclic amines) is 1. The molecule has 5 atom stereocenters. The van der Waals surface area contributed by atoms with E-state index in [4.69, 9.17) is 14.2 Å². The van der Waals surface area contributed by atoms with E-state index in [0.29, 0.717) is 23.4 Å². The Morgan fingerprint density at radius 2 is 1.67 bits per heavy atom. The van der Waals surface area contributed by atoms with Crippen LogP contribution in [0.2, 0.25) is 0 Å². The molecule has 3 fully saturated rings. The summed E-state index contributed by atoms with van der Waals surface area (Å²) in [5, 5.41) is 14.8. The van der Waals surface area contributed by atoms with E-state index in [-0.39, 0.29) is 32.0 Å². The lowest BCUT2D eigenvalue weighted by molar-refractivity contribution is -0.253. The van der Waals surface area contributed by atoms with Crippen molar-refractivity contribution in [1.29, 1.82) is 0 Å². The summed E-state index contributed by atoms with van der Waals surface area (Å²) in [5.41, 5.74) is 4.52. The van der Waals surface area contributed by atoms with E-state index < -0.39 is 18.3 Å². The highest BCUT2D eigenvalue weighted by Gasteiger charge is 2.50. The third kappa shape index (κ3) is 8.15. The van der Waals surface area contributed by atoms with Gasteiger partial charge in [0.15, 0.2) is 6.29 Å². The highest BCUT2D eigenvalue weighted by atomic mass is 16.7. The van der Waals surface area contributed by atoms with Gasteiger partial charge in [0.1, 0.15) is 6.54 Å². The van der Waals surface area contributed by atoms with Crippen LogP contribution in [0.1, 0.15) is 88.0 Å². The molecule has 2 aromatic carbocycles. The Bertz CT molecular complexity index is 1250. The minimum atomic E-state index is -0.523. The van der Waals surface area contributed by atoms with Gasteiger partial charge in [-0.2, -0.15) is 0 Å². The standard InChI is InChI=1S/C34H47N3O6/c1-5-41-30(39)18-36-32(40)35-17-23-6-12-26(13-7-23)31-42-28(14-29(43-31)25-10-8-24(20-38)9-11-25)19-37-22-34(4)16-27(37)15-33(2,3)21-34/h6-13,27-29,31,38H,5,14-22H2,1-4H3,(H2,35,36,40). The summed E-state index contributed by atoms with van der Waals surface area (Å²) in [6.07, 6.45) is 3.86. The molecular weight excluding hydrogens is 546 g/mol. The molecular formula is C34H47N3O6. The van der Waals surface area contributed by atoms with Crippen LogP contribution >= 0.6 is 0 Å². The van der Waals surface area contributed by atoms with E-state index in [2.05, 4.69) is 36.3 Å². The van der Waals surface area contributed by atoms with Crippen molar-refractivity contribution in [2.45, 2.75) is 91.1 Å². The van der Waals surface area contributed by atoms with Crippen molar-refractivity contribution in [1.82, 2.24) is 15.5 Å². The molecule has 9 nitrogen and oxygen atoms in total. The Morgan fingerprint density at radius 3 is 2.37 bits per heavy atom.